The van der Waals surface area contributed by atoms with Crippen LogP contribution in [-0.4, -0.2) is 44.9 Å². The summed E-state index contributed by atoms with van der Waals surface area (Å²) >= 11 is 0. The Bertz CT molecular complexity index is 998. The topological polar surface area (TPSA) is 96.0 Å². The highest BCUT2D eigenvalue weighted by molar-refractivity contribution is 7.93. The molecule has 0 aromatic heterocycles. The number of ether oxygens (including phenoxy) is 3. The molecule has 31 heavy (non-hydrogen) atoms. The molecule has 0 amide bonds. The van der Waals surface area contributed by atoms with Gasteiger partial charge in [-0.3, -0.25) is 9.59 Å². The van der Waals surface area contributed by atoms with Crippen molar-refractivity contribution in [1.29, 1.82) is 0 Å². The van der Waals surface area contributed by atoms with Crippen molar-refractivity contribution in [2.75, 3.05) is 13.7 Å². The number of carbonyl (C=O) groups is 2. The van der Waals surface area contributed by atoms with Gasteiger partial charge in [0.15, 0.2) is 21.9 Å². The van der Waals surface area contributed by atoms with Gasteiger partial charge in [-0.15, -0.1) is 0 Å². The number of rotatable bonds is 7. The Hall–Kier alpha value is -2.19. The molecule has 0 spiro atoms. The molecule has 0 radical (unpaired) electrons. The average molecular weight is 451 g/mol. The van der Waals surface area contributed by atoms with E-state index in [2.05, 4.69) is 0 Å². The first kappa shape index (κ1) is 23.5. The molecule has 4 atom stereocenters. The second kappa shape index (κ2) is 8.39. The smallest absolute Gasteiger partial charge is 0.311 e. The molecule has 1 aromatic rings. The predicted molar refractivity (Wildman–Crippen MR) is 114 cm³/mol. The number of methoxy groups -OCH3 is 1. The summed E-state index contributed by atoms with van der Waals surface area (Å²) in [6.45, 7) is 7.29. The highest BCUT2D eigenvalue weighted by Gasteiger charge is 2.68. The Labute approximate surface area is 183 Å². The molecule has 2 aliphatic carbocycles. The zero-order chi connectivity index (χ0) is 23.0. The van der Waals surface area contributed by atoms with E-state index < -0.39 is 44.0 Å². The van der Waals surface area contributed by atoms with Crippen molar-refractivity contribution in [3.63, 3.8) is 0 Å². The Kier molecular flexibility index (Phi) is 6.35. The van der Waals surface area contributed by atoms with E-state index in [0.717, 1.165) is 0 Å². The van der Waals surface area contributed by atoms with Gasteiger partial charge in [0, 0.05) is 6.61 Å². The van der Waals surface area contributed by atoms with E-state index in [4.69, 9.17) is 14.2 Å². The van der Waals surface area contributed by atoms with Crippen molar-refractivity contribution >= 4 is 21.6 Å². The van der Waals surface area contributed by atoms with E-state index >= 15 is 0 Å². The highest BCUT2D eigenvalue weighted by Crippen LogP contribution is 2.59. The van der Waals surface area contributed by atoms with Crippen molar-refractivity contribution in [3.8, 4) is 0 Å². The standard InChI is InChI=1S/C23H30O7S/c1-6-29-16(3)30-19-15(2)12-17-13-22(4,21(25)28-5)14-23(17,20(19)24)31(26,27)18-10-8-7-9-11-18/h7-11,16-17H,6,12-14H2,1-5H3/t16-,17-,22+,23-/m1/s1. The third kappa shape index (κ3) is 3.69. The molecule has 1 fully saturated rings. The summed E-state index contributed by atoms with van der Waals surface area (Å²) in [6, 6.07) is 7.92. The van der Waals surface area contributed by atoms with Crippen molar-refractivity contribution in [2.45, 2.75) is 62.9 Å². The number of benzene rings is 1. The second-order valence-corrected chi connectivity index (χ2v) is 10.8. The van der Waals surface area contributed by atoms with Gasteiger partial charge >= 0.3 is 5.97 Å². The second-order valence-electron chi connectivity index (χ2n) is 8.62. The summed E-state index contributed by atoms with van der Waals surface area (Å²) in [7, 11) is -2.86. The number of fused-ring (bicyclic) bond motifs is 1. The van der Waals surface area contributed by atoms with E-state index in [0.29, 0.717) is 18.6 Å². The Morgan fingerprint density at radius 2 is 1.90 bits per heavy atom. The van der Waals surface area contributed by atoms with Crippen LogP contribution in [0.4, 0.5) is 0 Å². The predicted octanol–water partition coefficient (Wildman–Crippen LogP) is 3.43. The summed E-state index contributed by atoms with van der Waals surface area (Å²) in [5.74, 6) is -1.67. The maximum Gasteiger partial charge on any atom is 0.311 e. The SMILES string of the molecule is CCO[C@@H](C)OC1=C(C)C[C@@H]2C[C@](C)(C(=O)OC)C[C@]2(S(=O)(=O)c2ccccc2)C1=O. The van der Waals surface area contributed by atoms with Gasteiger partial charge in [-0.25, -0.2) is 8.42 Å². The first-order valence-corrected chi connectivity index (χ1v) is 11.9. The number of Topliss-reactive ketones (excluding diaryl/α,β-unsaturated/α-hetero) is 1. The third-order valence-electron chi connectivity index (χ3n) is 6.44. The van der Waals surface area contributed by atoms with Gasteiger partial charge in [0.1, 0.15) is 4.75 Å². The monoisotopic (exact) mass is 450 g/mol. The van der Waals surface area contributed by atoms with Crippen LogP contribution in [0.1, 0.15) is 47.0 Å². The molecule has 1 saturated carbocycles. The minimum Gasteiger partial charge on any atom is -0.469 e. The molecule has 7 nitrogen and oxygen atoms in total. The number of sulfone groups is 1. The molecule has 0 aliphatic heterocycles. The van der Waals surface area contributed by atoms with E-state index in [1.54, 1.807) is 45.9 Å². The Balaban J connectivity index is 2.18. The minimum atomic E-state index is -4.14. The summed E-state index contributed by atoms with van der Waals surface area (Å²) in [6.07, 6.45) is -0.293. The molecule has 0 heterocycles. The lowest BCUT2D eigenvalue weighted by Crippen LogP contribution is -2.53. The summed E-state index contributed by atoms with van der Waals surface area (Å²) in [5, 5.41) is 0. The molecular weight excluding hydrogens is 420 g/mol. The molecule has 0 N–H and O–H groups in total. The lowest BCUT2D eigenvalue weighted by atomic mass is 9.79. The van der Waals surface area contributed by atoms with Crippen LogP contribution < -0.4 is 0 Å². The van der Waals surface area contributed by atoms with Crippen LogP contribution in [0.25, 0.3) is 0 Å². The number of hydrogen-bond acceptors (Lipinski definition) is 7. The van der Waals surface area contributed by atoms with Crippen molar-refractivity contribution in [1.82, 2.24) is 0 Å². The molecule has 2 aliphatic rings. The summed E-state index contributed by atoms with van der Waals surface area (Å²) in [5.41, 5.74) is -0.437. The average Bonchev–Trinajstić information content (AvgIpc) is 3.06. The first-order chi connectivity index (χ1) is 14.5. The van der Waals surface area contributed by atoms with Gasteiger partial charge in [0.05, 0.1) is 17.4 Å². The van der Waals surface area contributed by atoms with Gasteiger partial charge in [-0.1, -0.05) is 18.2 Å². The molecular formula is C23H30O7S. The Morgan fingerprint density at radius 3 is 2.48 bits per heavy atom. The van der Waals surface area contributed by atoms with Crippen molar-refractivity contribution in [3.05, 3.63) is 41.7 Å². The lowest BCUT2D eigenvalue weighted by molar-refractivity contribution is -0.151. The van der Waals surface area contributed by atoms with Gasteiger partial charge in [0.25, 0.3) is 0 Å². The molecule has 0 unspecified atom stereocenters. The van der Waals surface area contributed by atoms with Crippen LogP contribution in [0.2, 0.25) is 0 Å². The van der Waals surface area contributed by atoms with Gasteiger partial charge < -0.3 is 14.2 Å². The summed E-state index contributed by atoms with van der Waals surface area (Å²) in [4.78, 5) is 26.6. The number of hydrogen-bond donors (Lipinski definition) is 0. The number of esters is 1. The molecule has 8 heteroatoms. The number of ketones is 1. The largest absolute Gasteiger partial charge is 0.469 e. The zero-order valence-electron chi connectivity index (χ0n) is 18.6. The van der Waals surface area contributed by atoms with Crippen molar-refractivity contribution < 1.29 is 32.2 Å². The fourth-order valence-electron chi connectivity index (χ4n) is 5.09. The Morgan fingerprint density at radius 1 is 1.26 bits per heavy atom. The van der Waals surface area contributed by atoms with Crippen LogP contribution >= 0.6 is 0 Å². The van der Waals surface area contributed by atoms with Crippen LogP contribution in [0.5, 0.6) is 0 Å². The number of carbonyl (C=O) groups excluding carboxylic acids is 2. The zero-order valence-corrected chi connectivity index (χ0v) is 19.5. The number of allylic oxidation sites excluding steroid dienone is 2. The van der Waals surface area contributed by atoms with Crippen LogP contribution in [-0.2, 0) is 33.6 Å². The fraction of sp³-hybridized carbons (Fsp3) is 0.565. The van der Waals surface area contributed by atoms with Gasteiger partial charge in [-0.2, -0.15) is 0 Å². The molecule has 3 rings (SSSR count). The first-order valence-electron chi connectivity index (χ1n) is 10.4. The van der Waals surface area contributed by atoms with Crippen LogP contribution in [0.15, 0.2) is 46.6 Å². The fourth-order valence-corrected chi connectivity index (χ4v) is 7.48. The normalized spacial score (nSPS) is 29.5. The minimum absolute atomic E-state index is 0.0193. The van der Waals surface area contributed by atoms with E-state index in [1.807, 2.05) is 0 Å². The quantitative estimate of drug-likeness (QED) is 0.464. The van der Waals surface area contributed by atoms with Crippen molar-refractivity contribution in [2.24, 2.45) is 11.3 Å². The molecule has 170 valence electrons. The van der Waals surface area contributed by atoms with Gasteiger partial charge in [-0.05, 0) is 70.6 Å². The maximum atomic E-state index is 14.0. The molecule has 1 aromatic carbocycles. The lowest BCUT2D eigenvalue weighted by Gasteiger charge is -2.38. The highest BCUT2D eigenvalue weighted by atomic mass is 32.2. The summed E-state index contributed by atoms with van der Waals surface area (Å²) < 4.78 is 42.4. The van der Waals surface area contributed by atoms with Gasteiger partial charge in [0.2, 0.25) is 5.78 Å². The molecule has 0 bridgehead atoms. The van der Waals surface area contributed by atoms with E-state index in [1.165, 1.54) is 19.2 Å². The molecule has 0 saturated heterocycles. The maximum absolute atomic E-state index is 14.0. The van der Waals surface area contributed by atoms with Crippen LogP contribution in [0, 0.1) is 11.3 Å². The third-order valence-corrected chi connectivity index (χ3v) is 8.95. The van der Waals surface area contributed by atoms with E-state index in [9.17, 15) is 18.0 Å². The van der Waals surface area contributed by atoms with Crippen LogP contribution in [0.3, 0.4) is 0 Å². The van der Waals surface area contributed by atoms with E-state index in [-0.39, 0.29) is 23.5 Å².